The highest BCUT2D eigenvalue weighted by Crippen LogP contribution is 2.34. The third-order valence-corrected chi connectivity index (χ3v) is 4.70. The maximum absolute atomic E-state index is 12.9. The summed E-state index contributed by atoms with van der Waals surface area (Å²) in [7, 11) is 3.75. The standard InChI is InChI=1S/C18H27N5O2/c1-18(2,3)14-10-12(20-21-14)11-23(5)17(24)13-6-9-25-15(13)16-19-7-8-22(16)4/h7-8,10,13,15H,6,9,11H2,1-5H3,(H,20,21)/t13-,15-/m1/s1. The predicted molar refractivity (Wildman–Crippen MR) is 93.8 cm³/mol. The molecule has 2 aromatic heterocycles. The zero-order chi connectivity index (χ0) is 18.2. The van der Waals surface area contributed by atoms with Gasteiger partial charge >= 0.3 is 0 Å². The van der Waals surface area contributed by atoms with E-state index in [2.05, 4.69) is 36.0 Å². The second-order valence-electron chi connectivity index (χ2n) is 7.81. The fourth-order valence-corrected chi connectivity index (χ4v) is 3.19. The van der Waals surface area contributed by atoms with E-state index in [-0.39, 0.29) is 23.3 Å². The Morgan fingerprint density at radius 1 is 1.48 bits per heavy atom. The van der Waals surface area contributed by atoms with E-state index in [0.29, 0.717) is 13.2 Å². The van der Waals surface area contributed by atoms with Crippen molar-refractivity contribution in [3.8, 4) is 0 Å². The molecule has 3 heterocycles. The smallest absolute Gasteiger partial charge is 0.228 e. The lowest BCUT2D eigenvalue weighted by Gasteiger charge is -2.23. The largest absolute Gasteiger partial charge is 0.369 e. The Bertz CT molecular complexity index is 743. The first-order chi connectivity index (χ1) is 11.8. The Hall–Kier alpha value is -2.15. The molecule has 2 aromatic rings. The van der Waals surface area contributed by atoms with Gasteiger partial charge in [-0.1, -0.05) is 20.8 Å². The summed E-state index contributed by atoms with van der Waals surface area (Å²) in [6.07, 6.45) is 4.06. The molecule has 0 spiro atoms. The third-order valence-electron chi connectivity index (χ3n) is 4.70. The van der Waals surface area contributed by atoms with Gasteiger partial charge < -0.3 is 14.2 Å². The molecule has 0 radical (unpaired) electrons. The summed E-state index contributed by atoms with van der Waals surface area (Å²) in [5, 5.41) is 7.41. The predicted octanol–water partition coefficient (Wildman–Crippen LogP) is 2.18. The third kappa shape index (κ3) is 3.61. The van der Waals surface area contributed by atoms with Gasteiger partial charge in [0, 0.05) is 38.5 Å². The topological polar surface area (TPSA) is 76.0 Å². The van der Waals surface area contributed by atoms with Crippen LogP contribution in [0.4, 0.5) is 0 Å². The average Bonchev–Trinajstić information content (AvgIpc) is 3.24. The van der Waals surface area contributed by atoms with Gasteiger partial charge in [-0.2, -0.15) is 5.10 Å². The number of amides is 1. The number of aryl methyl sites for hydroxylation is 1. The number of aromatic nitrogens is 4. The molecule has 0 saturated carbocycles. The van der Waals surface area contributed by atoms with E-state index < -0.39 is 0 Å². The first-order valence-electron chi connectivity index (χ1n) is 8.66. The molecule has 2 atom stereocenters. The lowest BCUT2D eigenvalue weighted by atomic mass is 9.92. The minimum atomic E-state index is -0.276. The maximum atomic E-state index is 12.9. The molecule has 0 aliphatic carbocycles. The lowest BCUT2D eigenvalue weighted by Crippen LogP contribution is -2.34. The fraction of sp³-hybridized carbons (Fsp3) is 0.611. The average molecular weight is 345 g/mol. The number of carbonyl (C=O) groups excluding carboxylic acids is 1. The van der Waals surface area contributed by atoms with Crippen LogP contribution in [-0.2, 0) is 28.5 Å². The van der Waals surface area contributed by atoms with Crippen molar-refractivity contribution in [3.63, 3.8) is 0 Å². The zero-order valence-corrected chi connectivity index (χ0v) is 15.6. The molecule has 0 unspecified atom stereocenters. The molecule has 136 valence electrons. The monoisotopic (exact) mass is 345 g/mol. The molecule has 1 amide bonds. The highest BCUT2D eigenvalue weighted by molar-refractivity contribution is 5.79. The Kier molecular flexibility index (Phi) is 4.69. The van der Waals surface area contributed by atoms with Crippen molar-refractivity contribution < 1.29 is 9.53 Å². The number of imidazole rings is 1. The van der Waals surface area contributed by atoms with E-state index in [0.717, 1.165) is 23.6 Å². The van der Waals surface area contributed by atoms with Gasteiger partial charge in [-0.15, -0.1) is 0 Å². The van der Waals surface area contributed by atoms with Crippen molar-refractivity contribution >= 4 is 5.91 Å². The number of hydrogen-bond acceptors (Lipinski definition) is 4. The summed E-state index contributed by atoms with van der Waals surface area (Å²) in [6, 6.07) is 2.03. The molecule has 25 heavy (non-hydrogen) atoms. The highest BCUT2D eigenvalue weighted by Gasteiger charge is 2.39. The van der Waals surface area contributed by atoms with Crippen LogP contribution < -0.4 is 0 Å². The summed E-state index contributed by atoms with van der Waals surface area (Å²) >= 11 is 0. The lowest BCUT2D eigenvalue weighted by molar-refractivity contribution is -0.136. The number of rotatable bonds is 4. The number of ether oxygens (including phenoxy) is 1. The number of H-pyrrole nitrogens is 1. The quantitative estimate of drug-likeness (QED) is 0.921. The molecule has 1 aliphatic heterocycles. The molecule has 7 heteroatoms. The highest BCUT2D eigenvalue weighted by atomic mass is 16.5. The first-order valence-corrected chi connectivity index (χ1v) is 8.66. The van der Waals surface area contributed by atoms with Gasteiger partial charge in [0.15, 0.2) is 0 Å². The van der Waals surface area contributed by atoms with Crippen LogP contribution in [0.25, 0.3) is 0 Å². The van der Waals surface area contributed by atoms with Crippen molar-refractivity contribution in [3.05, 3.63) is 35.7 Å². The van der Waals surface area contributed by atoms with Crippen molar-refractivity contribution in [2.24, 2.45) is 13.0 Å². The van der Waals surface area contributed by atoms with Gasteiger partial charge in [0.1, 0.15) is 11.9 Å². The summed E-state index contributed by atoms with van der Waals surface area (Å²) in [5.41, 5.74) is 1.92. The fourth-order valence-electron chi connectivity index (χ4n) is 3.19. The van der Waals surface area contributed by atoms with Crippen molar-refractivity contribution in [1.29, 1.82) is 0 Å². The van der Waals surface area contributed by atoms with Crippen LogP contribution in [0.3, 0.4) is 0 Å². The van der Waals surface area contributed by atoms with Gasteiger partial charge in [0.2, 0.25) is 5.91 Å². The molecule has 1 saturated heterocycles. The molecule has 0 bridgehead atoms. The van der Waals surface area contributed by atoms with Crippen molar-refractivity contribution in [2.45, 2.75) is 45.3 Å². The molecule has 1 fully saturated rings. The van der Waals surface area contributed by atoms with Crippen LogP contribution in [0.15, 0.2) is 18.5 Å². The van der Waals surface area contributed by atoms with Crippen LogP contribution in [0.5, 0.6) is 0 Å². The summed E-state index contributed by atoms with van der Waals surface area (Å²) in [5.74, 6) is 0.689. The maximum Gasteiger partial charge on any atom is 0.228 e. The number of carbonyl (C=O) groups is 1. The number of aromatic amines is 1. The molecular weight excluding hydrogens is 318 g/mol. The van der Waals surface area contributed by atoms with E-state index in [4.69, 9.17) is 4.74 Å². The Labute approximate surface area is 148 Å². The Balaban J connectivity index is 1.69. The number of nitrogens with one attached hydrogen (secondary N) is 1. The first kappa shape index (κ1) is 17.7. The van der Waals surface area contributed by atoms with Crippen molar-refractivity contribution in [2.75, 3.05) is 13.7 Å². The molecule has 7 nitrogen and oxygen atoms in total. The van der Waals surface area contributed by atoms with Gasteiger partial charge in [-0.25, -0.2) is 4.98 Å². The number of hydrogen-bond donors (Lipinski definition) is 1. The minimum Gasteiger partial charge on any atom is -0.369 e. The summed E-state index contributed by atoms with van der Waals surface area (Å²) in [6.45, 7) is 7.45. The van der Waals surface area contributed by atoms with E-state index in [1.807, 2.05) is 30.9 Å². The van der Waals surface area contributed by atoms with Crippen LogP contribution in [0.2, 0.25) is 0 Å². The van der Waals surface area contributed by atoms with Crippen LogP contribution in [-0.4, -0.2) is 44.2 Å². The van der Waals surface area contributed by atoms with Gasteiger partial charge in [0.05, 0.1) is 23.9 Å². The van der Waals surface area contributed by atoms with Crippen molar-refractivity contribution in [1.82, 2.24) is 24.6 Å². The van der Waals surface area contributed by atoms with Crippen LogP contribution in [0.1, 0.15) is 50.5 Å². The van der Waals surface area contributed by atoms with Gasteiger partial charge in [0.25, 0.3) is 0 Å². The molecule has 1 N–H and O–H groups in total. The second kappa shape index (κ2) is 6.63. The van der Waals surface area contributed by atoms with Gasteiger partial charge in [-0.3, -0.25) is 9.89 Å². The minimum absolute atomic E-state index is 0.0140. The molecule has 3 rings (SSSR count). The Morgan fingerprint density at radius 2 is 2.24 bits per heavy atom. The SMILES string of the molecule is CN(Cc1cc(C(C)(C)C)n[nH]1)C(=O)[C@@H]1CCO[C@H]1c1nccn1C. The zero-order valence-electron chi connectivity index (χ0n) is 15.6. The molecule has 1 aliphatic rings. The summed E-state index contributed by atoms with van der Waals surface area (Å²) in [4.78, 5) is 19.0. The molecular formula is C18H27N5O2. The Morgan fingerprint density at radius 3 is 2.84 bits per heavy atom. The molecule has 0 aromatic carbocycles. The van der Waals surface area contributed by atoms with E-state index in [9.17, 15) is 4.79 Å². The van der Waals surface area contributed by atoms with Gasteiger partial charge in [-0.05, 0) is 12.5 Å². The van der Waals surface area contributed by atoms with E-state index >= 15 is 0 Å². The summed E-state index contributed by atoms with van der Waals surface area (Å²) < 4.78 is 7.73. The van der Waals surface area contributed by atoms with Crippen LogP contribution in [0, 0.1) is 5.92 Å². The van der Waals surface area contributed by atoms with E-state index in [1.54, 1.807) is 11.1 Å². The second-order valence-corrected chi connectivity index (χ2v) is 7.81. The normalized spacial score (nSPS) is 20.8. The van der Waals surface area contributed by atoms with E-state index in [1.165, 1.54) is 0 Å². The number of nitrogens with zero attached hydrogens (tertiary/aromatic N) is 4. The van der Waals surface area contributed by atoms with Crippen LogP contribution >= 0.6 is 0 Å².